The lowest BCUT2D eigenvalue weighted by Crippen LogP contribution is -2.51. The highest BCUT2D eigenvalue weighted by molar-refractivity contribution is 5.77. The molecule has 5 heteroatoms. The average Bonchev–Trinajstić information content (AvgIpc) is 2.62. The number of hydrogen-bond donors (Lipinski definition) is 0. The number of amides is 1. The summed E-state index contributed by atoms with van der Waals surface area (Å²) < 4.78 is 19.3. The fraction of sp³-hybridized carbons (Fsp3) is 0.550. The lowest BCUT2D eigenvalue weighted by atomic mass is 9.72. The van der Waals surface area contributed by atoms with Crippen molar-refractivity contribution in [1.82, 2.24) is 9.80 Å². The summed E-state index contributed by atoms with van der Waals surface area (Å²) in [4.78, 5) is 16.3. The van der Waals surface area contributed by atoms with Crippen LogP contribution >= 0.6 is 0 Å². The van der Waals surface area contributed by atoms with Gasteiger partial charge in [-0.3, -0.25) is 9.69 Å². The number of carbonyl (C=O) groups excluding carboxylic acids is 1. The first-order valence-electron chi connectivity index (χ1n) is 8.99. The smallest absolute Gasteiger partial charge is 0.222 e. The molecule has 0 N–H and O–H groups in total. The van der Waals surface area contributed by atoms with Crippen LogP contribution in [0.5, 0.6) is 5.75 Å². The summed E-state index contributed by atoms with van der Waals surface area (Å²) in [5.41, 5.74) is 0.905. The Morgan fingerprint density at radius 1 is 1.32 bits per heavy atom. The van der Waals surface area contributed by atoms with Gasteiger partial charge in [-0.25, -0.2) is 4.39 Å². The molecule has 0 radical (unpaired) electrons. The van der Waals surface area contributed by atoms with Crippen LogP contribution in [0.1, 0.15) is 31.2 Å². The third-order valence-corrected chi connectivity index (χ3v) is 5.66. The van der Waals surface area contributed by atoms with E-state index in [0.29, 0.717) is 30.8 Å². The number of ether oxygens (including phenoxy) is 1. The Hall–Kier alpha value is -1.88. The Morgan fingerprint density at radius 2 is 2.08 bits per heavy atom. The largest absolute Gasteiger partial charge is 0.497 e. The van der Waals surface area contributed by atoms with Crippen LogP contribution in [0.4, 0.5) is 4.39 Å². The van der Waals surface area contributed by atoms with Crippen LogP contribution in [-0.2, 0) is 11.3 Å². The van der Waals surface area contributed by atoms with E-state index in [2.05, 4.69) is 11.5 Å². The number of halogens is 1. The highest BCUT2D eigenvalue weighted by Crippen LogP contribution is 2.40. The molecular formula is C20H27FN2O2. The van der Waals surface area contributed by atoms with Gasteiger partial charge in [-0.15, -0.1) is 6.58 Å². The van der Waals surface area contributed by atoms with Crippen molar-refractivity contribution >= 4 is 5.91 Å². The van der Waals surface area contributed by atoms with Gasteiger partial charge in [0.15, 0.2) is 0 Å². The van der Waals surface area contributed by atoms with Crippen molar-refractivity contribution in [3.8, 4) is 5.75 Å². The van der Waals surface area contributed by atoms with Crippen molar-refractivity contribution in [2.45, 2.75) is 32.2 Å². The zero-order chi connectivity index (χ0) is 17.9. The van der Waals surface area contributed by atoms with Gasteiger partial charge >= 0.3 is 0 Å². The predicted molar refractivity (Wildman–Crippen MR) is 95.9 cm³/mol. The van der Waals surface area contributed by atoms with Crippen molar-refractivity contribution in [3.05, 3.63) is 42.2 Å². The van der Waals surface area contributed by atoms with Crippen molar-refractivity contribution in [2.24, 2.45) is 5.41 Å². The maximum atomic E-state index is 14.1. The van der Waals surface area contributed by atoms with Gasteiger partial charge in [-0.05, 0) is 56.0 Å². The number of methoxy groups -OCH3 is 1. The zero-order valence-electron chi connectivity index (χ0n) is 15.0. The first kappa shape index (κ1) is 17.9. The zero-order valence-corrected chi connectivity index (χ0v) is 15.0. The molecule has 25 heavy (non-hydrogen) atoms. The number of likely N-dealkylation sites (tertiary alicyclic amines) is 2. The molecule has 0 saturated carbocycles. The summed E-state index contributed by atoms with van der Waals surface area (Å²) >= 11 is 0. The Morgan fingerprint density at radius 3 is 2.76 bits per heavy atom. The van der Waals surface area contributed by atoms with Gasteiger partial charge < -0.3 is 9.64 Å². The molecule has 1 amide bonds. The van der Waals surface area contributed by atoms with Gasteiger partial charge in [0.2, 0.25) is 5.91 Å². The van der Waals surface area contributed by atoms with Crippen LogP contribution in [-0.4, -0.2) is 49.0 Å². The van der Waals surface area contributed by atoms with Crippen LogP contribution in [0.15, 0.2) is 30.9 Å². The fourth-order valence-corrected chi connectivity index (χ4v) is 4.06. The standard InChI is InChI=1S/C20H27FN2O2/c1-3-10-23-15-20(7-6-19(23)24)8-11-22(12-9-20)14-16-13-17(25-2)4-5-18(16)21/h3-5,13H,1,6-12,14-15H2,2H3. The van der Waals surface area contributed by atoms with Crippen molar-refractivity contribution in [1.29, 1.82) is 0 Å². The highest BCUT2D eigenvalue weighted by atomic mass is 19.1. The molecule has 3 rings (SSSR count). The number of benzene rings is 1. The molecule has 0 aromatic heterocycles. The molecule has 1 aromatic carbocycles. The average molecular weight is 346 g/mol. The van der Waals surface area contributed by atoms with E-state index in [-0.39, 0.29) is 17.1 Å². The Kier molecular flexibility index (Phi) is 5.42. The van der Waals surface area contributed by atoms with E-state index in [1.807, 2.05) is 4.90 Å². The van der Waals surface area contributed by atoms with E-state index in [1.165, 1.54) is 6.07 Å². The fourth-order valence-electron chi connectivity index (χ4n) is 4.06. The first-order valence-corrected chi connectivity index (χ1v) is 8.99. The number of carbonyl (C=O) groups is 1. The van der Waals surface area contributed by atoms with Crippen molar-refractivity contribution in [3.63, 3.8) is 0 Å². The second-order valence-corrected chi connectivity index (χ2v) is 7.30. The van der Waals surface area contributed by atoms with Crippen molar-refractivity contribution < 1.29 is 13.9 Å². The van der Waals surface area contributed by atoms with Gasteiger partial charge in [-0.1, -0.05) is 6.08 Å². The molecule has 1 spiro atoms. The first-order chi connectivity index (χ1) is 12.0. The quantitative estimate of drug-likeness (QED) is 0.768. The van der Waals surface area contributed by atoms with Crippen LogP contribution in [0.2, 0.25) is 0 Å². The van der Waals surface area contributed by atoms with Gasteiger partial charge in [0, 0.05) is 31.6 Å². The monoisotopic (exact) mass is 346 g/mol. The Balaban J connectivity index is 1.60. The molecular weight excluding hydrogens is 319 g/mol. The van der Waals surface area contributed by atoms with E-state index in [9.17, 15) is 9.18 Å². The summed E-state index contributed by atoms with van der Waals surface area (Å²) in [5, 5.41) is 0. The second kappa shape index (κ2) is 7.56. The molecule has 1 aromatic rings. The third-order valence-electron chi connectivity index (χ3n) is 5.66. The molecule has 0 atom stereocenters. The minimum Gasteiger partial charge on any atom is -0.497 e. The molecule has 0 unspecified atom stereocenters. The van der Waals surface area contributed by atoms with Crippen molar-refractivity contribution in [2.75, 3.05) is 33.3 Å². The van der Waals surface area contributed by atoms with Gasteiger partial charge in [0.25, 0.3) is 0 Å². The van der Waals surface area contributed by atoms with Crippen LogP contribution in [0.3, 0.4) is 0 Å². The molecule has 2 aliphatic rings. The predicted octanol–water partition coefficient (Wildman–Crippen LogP) is 3.22. The summed E-state index contributed by atoms with van der Waals surface area (Å²) in [6.45, 7) is 7.71. The van der Waals surface area contributed by atoms with E-state index in [0.717, 1.165) is 38.9 Å². The van der Waals surface area contributed by atoms with E-state index >= 15 is 0 Å². The Bertz CT molecular complexity index is 639. The molecule has 2 aliphatic heterocycles. The second-order valence-electron chi connectivity index (χ2n) is 7.30. The normalized spacial score (nSPS) is 20.7. The molecule has 4 nitrogen and oxygen atoms in total. The van der Waals surface area contributed by atoms with Gasteiger partial charge in [-0.2, -0.15) is 0 Å². The lowest BCUT2D eigenvalue weighted by molar-refractivity contribution is -0.138. The third kappa shape index (κ3) is 4.03. The SMILES string of the molecule is C=CCN1CC2(CCC1=O)CCN(Cc1cc(OC)ccc1F)CC2. The molecule has 0 bridgehead atoms. The minimum atomic E-state index is -0.179. The molecule has 2 heterocycles. The van der Waals surface area contributed by atoms with Gasteiger partial charge in [0.05, 0.1) is 7.11 Å². The van der Waals surface area contributed by atoms with E-state index < -0.39 is 0 Å². The van der Waals surface area contributed by atoms with E-state index in [4.69, 9.17) is 4.74 Å². The maximum absolute atomic E-state index is 14.1. The summed E-state index contributed by atoms with van der Waals surface area (Å²) in [7, 11) is 1.60. The summed E-state index contributed by atoms with van der Waals surface area (Å²) in [6.07, 6.45) is 5.52. The topological polar surface area (TPSA) is 32.8 Å². The van der Waals surface area contributed by atoms with Gasteiger partial charge in [0.1, 0.15) is 11.6 Å². The minimum absolute atomic E-state index is 0.179. The molecule has 2 saturated heterocycles. The molecule has 0 aliphatic carbocycles. The number of piperidine rings is 2. The number of hydrogen-bond acceptors (Lipinski definition) is 3. The summed E-state index contributed by atoms with van der Waals surface area (Å²) in [5.74, 6) is 0.753. The highest BCUT2D eigenvalue weighted by Gasteiger charge is 2.40. The van der Waals surface area contributed by atoms with E-state index in [1.54, 1.807) is 25.3 Å². The summed E-state index contributed by atoms with van der Waals surface area (Å²) in [6, 6.07) is 4.90. The van der Waals surface area contributed by atoms with Crippen LogP contribution in [0.25, 0.3) is 0 Å². The lowest BCUT2D eigenvalue weighted by Gasteiger charge is -2.47. The molecule has 2 fully saturated rings. The number of nitrogens with zero attached hydrogens (tertiary/aromatic N) is 2. The Labute approximate surface area is 149 Å². The van der Waals surface area contributed by atoms with Crippen LogP contribution in [0, 0.1) is 11.2 Å². The van der Waals surface area contributed by atoms with Crippen LogP contribution < -0.4 is 4.74 Å². The number of rotatable bonds is 5. The maximum Gasteiger partial charge on any atom is 0.222 e. The molecule has 136 valence electrons.